The summed E-state index contributed by atoms with van der Waals surface area (Å²) in [5, 5.41) is 9.38. The number of benzene rings is 1. The zero-order valence-electron chi connectivity index (χ0n) is 11.9. The maximum Gasteiger partial charge on any atom is 0.124 e. The molecule has 0 aliphatic heterocycles. The molecule has 1 aromatic heterocycles. The topological polar surface area (TPSA) is 47.3 Å². The summed E-state index contributed by atoms with van der Waals surface area (Å²) in [6, 6.07) is 6.94. The largest absolute Gasteiger partial charge is 0.392 e. The second-order valence-electron chi connectivity index (χ2n) is 6.01. The van der Waals surface area contributed by atoms with Crippen molar-refractivity contribution in [1.29, 1.82) is 0 Å². The average molecular weight is 278 g/mol. The lowest BCUT2D eigenvalue weighted by atomic mass is 10.2. The molecule has 0 spiro atoms. The summed E-state index contributed by atoms with van der Waals surface area (Å²) < 4.78 is 7.70. The van der Waals surface area contributed by atoms with Gasteiger partial charge in [-0.1, -0.05) is 31.8 Å². The summed E-state index contributed by atoms with van der Waals surface area (Å²) in [6.07, 6.45) is 1.78. The smallest absolute Gasteiger partial charge is 0.124 e. The summed E-state index contributed by atoms with van der Waals surface area (Å²) >= 11 is 0. The van der Waals surface area contributed by atoms with Crippen LogP contribution in [0.4, 0.5) is 0 Å². The van der Waals surface area contributed by atoms with E-state index in [4.69, 9.17) is 4.74 Å². The van der Waals surface area contributed by atoms with Gasteiger partial charge in [-0.25, -0.2) is 4.98 Å². The van der Waals surface area contributed by atoms with E-state index in [-0.39, 0.29) is 6.61 Å². The van der Waals surface area contributed by atoms with E-state index in [1.807, 2.05) is 22.8 Å². The molecule has 0 bridgehead atoms. The van der Waals surface area contributed by atoms with E-state index in [1.165, 1.54) is 0 Å². The van der Waals surface area contributed by atoms with Gasteiger partial charge < -0.3 is 14.4 Å². The Hall–Kier alpha value is -1.17. The molecule has 19 heavy (non-hydrogen) atoms. The maximum absolute atomic E-state index is 9.38. The summed E-state index contributed by atoms with van der Waals surface area (Å²) in [6.45, 7) is 8.33. The molecule has 1 heterocycles. The predicted octanol–water partition coefficient (Wildman–Crippen LogP) is 2.84. The Morgan fingerprint density at radius 1 is 1.32 bits per heavy atom. The first-order valence-corrected chi connectivity index (χ1v) is 10.3. The van der Waals surface area contributed by atoms with Crippen LogP contribution >= 0.6 is 0 Å². The van der Waals surface area contributed by atoms with Crippen LogP contribution in [0.5, 0.6) is 0 Å². The number of nitrogens with zero attached hydrogens (tertiary/aromatic N) is 2. The summed E-state index contributed by atoms with van der Waals surface area (Å²) in [4.78, 5) is 4.34. The third-order valence-corrected chi connectivity index (χ3v) is 4.82. The minimum atomic E-state index is -1.04. The molecular weight excluding hydrogens is 256 g/mol. The number of hydrogen-bond acceptors (Lipinski definition) is 3. The number of aliphatic hydroxyl groups excluding tert-OH is 1. The van der Waals surface area contributed by atoms with Crippen molar-refractivity contribution in [3.63, 3.8) is 0 Å². The lowest BCUT2D eigenvalue weighted by Gasteiger charge is -2.15. The van der Waals surface area contributed by atoms with Gasteiger partial charge in [-0.05, 0) is 12.1 Å². The minimum Gasteiger partial charge on any atom is -0.392 e. The fourth-order valence-electron chi connectivity index (χ4n) is 1.97. The Balaban J connectivity index is 2.05. The SMILES string of the molecule is C[Si](C)(C)CCOCn1cnc2cccc(CO)c21. The highest BCUT2D eigenvalue weighted by Crippen LogP contribution is 2.18. The van der Waals surface area contributed by atoms with Gasteiger partial charge in [0.05, 0.1) is 24.0 Å². The molecule has 104 valence electrons. The van der Waals surface area contributed by atoms with Gasteiger partial charge in [0.15, 0.2) is 0 Å². The highest BCUT2D eigenvalue weighted by atomic mass is 28.3. The zero-order chi connectivity index (χ0) is 13.9. The van der Waals surface area contributed by atoms with Crippen LogP contribution < -0.4 is 0 Å². The van der Waals surface area contributed by atoms with Crippen molar-refractivity contribution in [2.45, 2.75) is 39.0 Å². The standard InChI is InChI=1S/C14H22N2O2Si/c1-19(2,3)8-7-18-11-16-10-15-13-6-4-5-12(9-17)14(13)16/h4-6,10,17H,7-9,11H2,1-3H3. The van der Waals surface area contributed by atoms with E-state index in [1.54, 1.807) is 6.33 Å². The van der Waals surface area contributed by atoms with Crippen LogP contribution in [-0.4, -0.2) is 29.3 Å². The number of imidazole rings is 1. The van der Waals surface area contributed by atoms with E-state index in [2.05, 4.69) is 24.6 Å². The number of fused-ring (bicyclic) bond motifs is 1. The molecule has 0 fully saturated rings. The van der Waals surface area contributed by atoms with Crippen molar-refractivity contribution in [2.75, 3.05) is 6.61 Å². The third-order valence-electron chi connectivity index (χ3n) is 3.12. The van der Waals surface area contributed by atoms with E-state index in [0.717, 1.165) is 29.2 Å². The van der Waals surface area contributed by atoms with Crippen molar-refractivity contribution in [3.8, 4) is 0 Å². The molecule has 0 amide bonds. The molecule has 0 saturated heterocycles. The van der Waals surface area contributed by atoms with E-state index < -0.39 is 8.07 Å². The Kier molecular flexibility index (Phi) is 4.39. The number of aromatic nitrogens is 2. The molecule has 5 heteroatoms. The Morgan fingerprint density at radius 3 is 2.79 bits per heavy atom. The minimum absolute atomic E-state index is 0.0257. The average Bonchev–Trinajstić information content (AvgIpc) is 2.77. The molecule has 2 aromatic rings. The van der Waals surface area contributed by atoms with Gasteiger partial charge >= 0.3 is 0 Å². The van der Waals surface area contributed by atoms with Crippen LogP contribution in [0.3, 0.4) is 0 Å². The summed E-state index contributed by atoms with van der Waals surface area (Å²) in [5.74, 6) is 0. The first kappa shape index (κ1) is 14.2. The van der Waals surface area contributed by atoms with Crippen molar-refractivity contribution >= 4 is 19.1 Å². The fraction of sp³-hybridized carbons (Fsp3) is 0.500. The summed E-state index contributed by atoms with van der Waals surface area (Å²) in [5.41, 5.74) is 2.77. The van der Waals surface area contributed by atoms with Crippen LogP contribution in [0, 0.1) is 0 Å². The predicted molar refractivity (Wildman–Crippen MR) is 79.8 cm³/mol. The van der Waals surface area contributed by atoms with Gasteiger partial charge in [0.25, 0.3) is 0 Å². The van der Waals surface area contributed by atoms with Gasteiger partial charge in [0.1, 0.15) is 6.73 Å². The quantitative estimate of drug-likeness (QED) is 0.653. The van der Waals surface area contributed by atoms with Crippen LogP contribution in [0.15, 0.2) is 24.5 Å². The molecule has 2 rings (SSSR count). The lowest BCUT2D eigenvalue weighted by Crippen LogP contribution is -2.22. The second kappa shape index (κ2) is 5.86. The van der Waals surface area contributed by atoms with Gasteiger partial charge in [0, 0.05) is 20.2 Å². The van der Waals surface area contributed by atoms with Gasteiger partial charge in [-0.15, -0.1) is 0 Å². The molecule has 0 unspecified atom stereocenters. The molecule has 0 atom stereocenters. The molecular formula is C14H22N2O2Si. The van der Waals surface area contributed by atoms with Gasteiger partial charge in [-0.2, -0.15) is 0 Å². The number of para-hydroxylation sites is 1. The highest BCUT2D eigenvalue weighted by Gasteiger charge is 2.12. The fourth-order valence-corrected chi connectivity index (χ4v) is 2.73. The first-order chi connectivity index (χ1) is 9.01. The third kappa shape index (κ3) is 3.65. The second-order valence-corrected chi connectivity index (χ2v) is 11.6. The first-order valence-electron chi connectivity index (χ1n) is 6.62. The molecule has 4 nitrogen and oxygen atoms in total. The van der Waals surface area contributed by atoms with Crippen molar-refractivity contribution < 1.29 is 9.84 Å². The van der Waals surface area contributed by atoms with E-state index >= 15 is 0 Å². The molecule has 0 aliphatic rings. The molecule has 0 aliphatic carbocycles. The monoisotopic (exact) mass is 278 g/mol. The van der Waals surface area contributed by atoms with Gasteiger partial charge in [-0.3, -0.25) is 0 Å². The van der Waals surface area contributed by atoms with Crippen molar-refractivity contribution in [2.24, 2.45) is 0 Å². The van der Waals surface area contributed by atoms with Crippen LogP contribution in [-0.2, 0) is 18.1 Å². The zero-order valence-corrected chi connectivity index (χ0v) is 12.9. The van der Waals surface area contributed by atoms with Crippen molar-refractivity contribution in [3.05, 3.63) is 30.1 Å². The molecule has 1 aromatic carbocycles. The lowest BCUT2D eigenvalue weighted by molar-refractivity contribution is 0.0896. The summed E-state index contributed by atoms with van der Waals surface area (Å²) in [7, 11) is -1.04. The Labute approximate surface area is 115 Å². The maximum atomic E-state index is 9.38. The van der Waals surface area contributed by atoms with Gasteiger partial charge in [0.2, 0.25) is 0 Å². The number of ether oxygens (including phenoxy) is 1. The molecule has 1 N–H and O–H groups in total. The van der Waals surface area contributed by atoms with Crippen molar-refractivity contribution in [1.82, 2.24) is 9.55 Å². The van der Waals surface area contributed by atoms with E-state index in [0.29, 0.717) is 6.73 Å². The Morgan fingerprint density at radius 2 is 2.11 bits per heavy atom. The van der Waals surface area contributed by atoms with Crippen LogP contribution in [0.1, 0.15) is 5.56 Å². The van der Waals surface area contributed by atoms with Crippen LogP contribution in [0.25, 0.3) is 11.0 Å². The van der Waals surface area contributed by atoms with E-state index in [9.17, 15) is 5.11 Å². The number of rotatable bonds is 6. The Bertz CT molecular complexity index is 546. The molecule has 0 saturated carbocycles. The normalized spacial score (nSPS) is 12.2. The number of hydrogen-bond donors (Lipinski definition) is 1. The number of aliphatic hydroxyl groups is 1. The highest BCUT2D eigenvalue weighted by molar-refractivity contribution is 6.76. The van der Waals surface area contributed by atoms with Crippen LogP contribution in [0.2, 0.25) is 25.7 Å². The molecule has 0 radical (unpaired) electrons.